The van der Waals surface area contributed by atoms with Crippen molar-refractivity contribution in [3.05, 3.63) is 20.0 Å². The van der Waals surface area contributed by atoms with E-state index in [2.05, 4.69) is 47.7 Å². The quantitative estimate of drug-likeness (QED) is 0.576. The SMILES string of the molecule is CC1=[C]([Zr])C([SiH](C)C)C(C)=C1C(C)(C)C.Cl.Cl. The molecule has 1 aliphatic rings. The number of rotatable bonds is 1. The minimum absolute atomic E-state index is 0. The van der Waals surface area contributed by atoms with E-state index in [1.807, 2.05) is 0 Å². The van der Waals surface area contributed by atoms with Crippen molar-refractivity contribution >= 4 is 33.6 Å². The van der Waals surface area contributed by atoms with Crippen LogP contribution in [0, 0.1) is 5.41 Å². The van der Waals surface area contributed by atoms with Crippen molar-refractivity contribution in [2.45, 2.75) is 53.3 Å². The first-order valence-electron chi connectivity index (χ1n) is 5.82. The molecular formula is C13H25Cl2SiZr. The molecular weight excluding hydrogens is 346 g/mol. The molecule has 99 valence electrons. The second-order valence-corrected chi connectivity index (χ2v) is 10.5. The van der Waals surface area contributed by atoms with Crippen LogP contribution in [-0.4, -0.2) is 8.80 Å². The molecule has 0 radical (unpaired) electrons. The fraction of sp³-hybridized carbons (Fsp3) is 0.692. The third-order valence-corrected chi connectivity index (χ3v) is 8.04. The Balaban J connectivity index is 0. The maximum atomic E-state index is 2.48. The van der Waals surface area contributed by atoms with Gasteiger partial charge in [0.1, 0.15) is 0 Å². The van der Waals surface area contributed by atoms with E-state index in [0.717, 1.165) is 5.54 Å². The van der Waals surface area contributed by atoms with E-state index in [9.17, 15) is 0 Å². The molecule has 0 saturated heterocycles. The van der Waals surface area contributed by atoms with Gasteiger partial charge in [-0.25, -0.2) is 0 Å². The van der Waals surface area contributed by atoms with E-state index in [4.69, 9.17) is 0 Å². The summed E-state index contributed by atoms with van der Waals surface area (Å²) in [6, 6.07) is 0. The van der Waals surface area contributed by atoms with Gasteiger partial charge in [0, 0.05) is 0 Å². The number of hydrogen-bond donors (Lipinski definition) is 0. The zero-order chi connectivity index (χ0) is 12.0. The Morgan fingerprint density at radius 3 is 1.65 bits per heavy atom. The van der Waals surface area contributed by atoms with Crippen molar-refractivity contribution in [2.75, 3.05) is 0 Å². The normalized spacial score (nSPS) is 20.5. The maximum Gasteiger partial charge on any atom is -0.147 e. The minimum Gasteiger partial charge on any atom is -0.147 e. The summed E-state index contributed by atoms with van der Waals surface area (Å²) in [5.41, 5.74) is 6.14. The molecule has 0 nitrogen and oxygen atoms in total. The van der Waals surface area contributed by atoms with Gasteiger partial charge in [0.05, 0.1) is 0 Å². The Kier molecular flexibility index (Phi) is 8.53. The van der Waals surface area contributed by atoms with Crippen molar-refractivity contribution in [3.8, 4) is 0 Å². The van der Waals surface area contributed by atoms with Gasteiger partial charge >= 0.3 is 112 Å². The molecule has 0 aromatic rings. The Morgan fingerprint density at radius 2 is 1.47 bits per heavy atom. The predicted molar refractivity (Wildman–Crippen MR) is 82.0 cm³/mol. The molecule has 1 aliphatic carbocycles. The smallest absolute Gasteiger partial charge is 0.147 e. The zero-order valence-corrected chi connectivity index (χ0v) is 17.2. The van der Waals surface area contributed by atoms with E-state index in [0.29, 0.717) is 5.41 Å². The van der Waals surface area contributed by atoms with Crippen molar-refractivity contribution in [2.24, 2.45) is 5.41 Å². The summed E-state index contributed by atoms with van der Waals surface area (Å²) in [6.45, 7) is 16.7. The molecule has 0 bridgehead atoms. The molecule has 0 fully saturated rings. The fourth-order valence-electron chi connectivity index (χ4n) is 3.02. The van der Waals surface area contributed by atoms with Gasteiger partial charge in [-0.05, 0) is 0 Å². The van der Waals surface area contributed by atoms with Crippen LogP contribution in [0.5, 0.6) is 0 Å². The summed E-state index contributed by atoms with van der Waals surface area (Å²) in [4.78, 5) is 0. The van der Waals surface area contributed by atoms with Gasteiger partial charge in [-0.3, -0.25) is 0 Å². The monoisotopic (exact) mass is 369 g/mol. The van der Waals surface area contributed by atoms with E-state index < -0.39 is 8.80 Å². The summed E-state index contributed by atoms with van der Waals surface area (Å²) < 4.78 is 1.74. The second kappa shape index (κ2) is 7.08. The topological polar surface area (TPSA) is 0 Å². The molecule has 0 heterocycles. The molecule has 0 saturated carbocycles. The molecule has 1 unspecified atom stereocenters. The second-order valence-electron chi connectivity index (χ2n) is 6.07. The average Bonchev–Trinajstić information content (AvgIpc) is 2.21. The Labute approximate surface area is 136 Å². The average molecular weight is 372 g/mol. The molecule has 0 aromatic heterocycles. The Hall–Kier alpha value is 1.16. The van der Waals surface area contributed by atoms with Crippen LogP contribution < -0.4 is 0 Å². The molecule has 0 N–H and O–H groups in total. The minimum atomic E-state index is -0.581. The fourth-order valence-corrected chi connectivity index (χ4v) is 8.40. The van der Waals surface area contributed by atoms with Crippen LogP contribution in [0.2, 0.25) is 18.6 Å². The molecule has 0 spiro atoms. The third kappa shape index (κ3) is 4.06. The molecule has 0 amide bonds. The Bertz CT molecular complexity index is 338. The van der Waals surface area contributed by atoms with E-state index in [1.165, 1.54) is 0 Å². The molecule has 0 aliphatic heterocycles. The standard InChI is InChI=1S/C13H23Si.2ClH.Zr/c1-9-8-11(14(6)7)10(2)12(9)13(3,4)5;;;/h11,14H,1-7H3;2*1H;. The van der Waals surface area contributed by atoms with Crippen LogP contribution in [0.4, 0.5) is 0 Å². The van der Waals surface area contributed by atoms with Gasteiger partial charge in [0.25, 0.3) is 0 Å². The van der Waals surface area contributed by atoms with E-state index in [-0.39, 0.29) is 24.8 Å². The van der Waals surface area contributed by atoms with E-state index >= 15 is 0 Å². The summed E-state index contributed by atoms with van der Waals surface area (Å²) in [6.07, 6.45) is 0. The summed E-state index contributed by atoms with van der Waals surface area (Å²) in [5, 5.41) is 0. The Morgan fingerprint density at radius 1 is 1.06 bits per heavy atom. The molecule has 1 atom stereocenters. The maximum absolute atomic E-state index is 2.48. The van der Waals surface area contributed by atoms with E-state index in [1.54, 1.807) is 44.7 Å². The zero-order valence-electron chi connectivity index (χ0n) is 12.0. The predicted octanol–water partition coefficient (Wildman–Crippen LogP) is 4.88. The molecule has 0 aromatic carbocycles. The van der Waals surface area contributed by atoms with Crippen LogP contribution in [0.25, 0.3) is 0 Å². The first-order chi connectivity index (χ1) is 6.68. The summed E-state index contributed by atoms with van der Waals surface area (Å²) in [7, 11) is -0.581. The third-order valence-electron chi connectivity index (χ3n) is 3.37. The van der Waals surface area contributed by atoms with Crippen molar-refractivity contribution in [1.29, 1.82) is 0 Å². The van der Waals surface area contributed by atoms with Crippen LogP contribution in [0.1, 0.15) is 34.6 Å². The number of allylic oxidation sites excluding steroid dienone is 4. The largest absolute Gasteiger partial charge is 0.147 e. The van der Waals surface area contributed by atoms with Gasteiger partial charge in [-0.15, -0.1) is 24.8 Å². The summed E-state index contributed by atoms with van der Waals surface area (Å²) in [5.74, 6) is 0. The first kappa shape index (κ1) is 20.5. The molecule has 1 rings (SSSR count). The molecule has 17 heavy (non-hydrogen) atoms. The first-order valence-corrected chi connectivity index (χ1v) is 10.0. The van der Waals surface area contributed by atoms with Crippen LogP contribution in [0.15, 0.2) is 20.0 Å². The van der Waals surface area contributed by atoms with Gasteiger partial charge in [0.15, 0.2) is 0 Å². The van der Waals surface area contributed by atoms with Crippen LogP contribution >= 0.6 is 24.8 Å². The van der Waals surface area contributed by atoms with Crippen LogP contribution in [-0.2, 0) is 24.7 Å². The molecule has 4 heteroatoms. The number of halogens is 2. The van der Waals surface area contributed by atoms with Crippen molar-refractivity contribution in [3.63, 3.8) is 0 Å². The van der Waals surface area contributed by atoms with Crippen LogP contribution in [0.3, 0.4) is 0 Å². The summed E-state index contributed by atoms with van der Waals surface area (Å²) >= 11 is 1.63. The van der Waals surface area contributed by atoms with Gasteiger partial charge < -0.3 is 0 Å². The van der Waals surface area contributed by atoms with Crippen molar-refractivity contribution in [1.82, 2.24) is 0 Å². The van der Waals surface area contributed by atoms with Gasteiger partial charge in [0.2, 0.25) is 0 Å². The number of hydrogen-bond acceptors (Lipinski definition) is 0. The van der Waals surface area contributed by atoms with Gasteiger partial charge in [-0.1, -0.05) is 0 Å². The van der Waals surface area contributed by atoms with Crippen molar-refractivity contribution < 1.29 is 24.7 Å². The van der Waals surface area contributed by atoms with Gasteiger partial charge in [-0.2, -0.15) is 0 Å².